The molecule has 1 fully saturated rings. The standard InChI is InChI=1S/C14H17ClN2O3/c1-20-13-4-3-10(7-11(13)15)12(18)8-17-6-2-5-16-14(19)9-17/h3-4,7H,2,5-6,8-9H2,1H3,(H,16,19). The molecular formula is C14H17ClN2O3. The van der Waals surface area contributed by atoms with E-state index >= 15 is 0 Å². The maximum absolute atomic E-state index is 12.2. The molecule has 1 amide bonds. The highest BCUT2D eigenvalue weighted by atomic mass is 35.5. The lowest BCUT2D eigenvalue weighted by atomic mass is 10.1. The molecule has 1 aromatic carbocycles. The molecule has 1 aliphatic heterocycles. The van der Waals surface area contributed by atoms with Gasteiger partial charge in [0.1, 0.15) is 5.75 Å². The second-order valence-corrected chi connectivity index (χ2v) is 5.09. The third kappa shape index (κ3) is 3.71. The predicted molar refractivity (Wildman–Crippen MR) is 76.4 cm³/mol. The van der Waals surface area contributed by atoms with Gasteiger partial charge in [0.15, 0.2) is 5.78 Å². The van der Waals surface area contributed by atoms with Gasteiger partial charge < -0.3 is 10.1 Å². The van der Waals surface area contributed by atoms with Crippen molar-refractivity contribution >= 4 is 23.3 Å². The van der Waals surface area contributed by atoms with Crippen LogP contribution in [0.25, 0.3) is 0 Å². The van der Waals surface area contributed by atoms with E-state index in [0.29, 0.717) is 22.9 Å². The lowest BCUT2D eigenvalue weighted by Crippen LogP contribution is -2.36. The molecule has 0 unspecified atom stereocenters. The first-order valence-corrected chi connectivity index (χ1v) is 6.83. The molecule has 0 aromatic heterocycles. The number of benzene rings is 1. The summed E-state index contributed by atoms with van der Waals surface area (Å²) >= 11 is 6.01. The minimum Gasteiger partial charge on any atom is -0.495 e. The van der Waals surface area contributed by atoms with Gasteiger partial charge in [-0.1, -0.05) is 11.6 Å². The number of methoxy groups -OCH3 is 1. The van der Waals surface area contributed by atoms with Gasteiger partial charge in [-0.05, 0) is 24.6 Å². The molecule has 0 bridgehead atoms. The van der Waals surface area contributed by atoms with Crippen molar-refractivity contribution in [2.75, 3.05) is 33.3 Å². The maximum Gasteiger partial charge on any atom is 0.234 e. The first-order chi connectivity index (χ1) is 9.60. The molecule has 20 heavy (non-hydrogen) atoms. The lowest BCUT2D eigenvalue weighted by Gasteiger charge is -2.17. The number of rotatable bonds is 4. The molecule has 0 radical (unpaired) electrons. The van der Waals surface area contributed by atoms with Crippen LogP contribution in [0.3, 0.4) is 0 Å². The summed E-state index contributed by atoms with van der Waals surface area (Å²) in [5.74, 6) is 0.449. The monoisotopic (exact) mass is 296 g/mol. The molecule has 1 aromatic rings. The first kappa shape index (κ1) is 14.8. The second kappa shape index (κ2) is 6.72. The fourth-order valence-corrected chi connectivity index (χ4v) is 2.40. The quantitative estimate of drug-likeness (QED) is 0.852. The molecule has 6 heteroatoms. The molecule has 108 valence electrons. The lowest BCUT2D eigenvalue weighted by molar-refractivity contribution is -0.121. The molecule has 0 spiro atoms. The van der Waals surface area contributed by atoms with Crippen molar-refractivity contribution in [2.45, 2.75) is 6.42 Å². The molecule has 1 N–H and O–H groups in total. The summed E-state index contributed by atoms with van der Waals surface area (Å²) in [6, 6.07) is 4.95. The summed E-state index contributed by atoms with van der Waals surface area (Å²) in [4.78, 5) is 25.5. The molecular weight excluding hydrogens is 280 g/mol. The number of halogens is 1. The summed E-state index contributed by atoms with van der Waals surface area (Å²) in [6.07, 6.45) is 0.850. The van der Waals surface area contributed by atoms with E-state index in [9.17, 15) is 9.59 Å². The Bertz CT molecular complexity index is 519. The zero-order valence-electron chi connectivity index (χ0n) is 11.3. The zero-order valence-corrected chi connectivity index (χ0v) is 12.1. The number of hydrogen-bond donors (Lipinski definition) is 1. The molecule has 0 saturated carbocycles. The molecule has 1 aliphatic rings. The smallest absolute Gasteiger partial charge is 0.234 e. The van der Waals surface area contributed by atoms with Gasteiger partial charge in [-0.15, -0.1) is 0 Å². The van der Waals surface area contributed by atoms with Crippen molar-refractivity contribution in [3.8, 4) is 5.75 Å². The Morgan fingerprint density at radius 2 is 2.30 bits per heavy atom. The van der Waals surface area contributed by atoms with Crippen LogP contribution in [0.15, 0.2) is 18.2 Å². The van der Waals surface area contributed by atoms with Gasteiger partial charge in [0.25, 0.3) is 0 Å². The summed E-state index contributed by atoms with van der Waals surface area (Å²) in [6.45, 7) is 1.87. The van der Waals surface area contributed by atoms with E-state index in [1.54, 1.807) is 18.2 Å². The number of carbonyl (C=O) groups excluding carboxylic acids is 2. The molecule has 2 rings (SSSR count). The molecule has 0 atom stereocenters. The first-order valence-electron chi connectivity index (χ1n) is 6.46. The van der Waals surface area contributed by atoms with Crippen LogP contribution in [-0.4, -0.2) is 49.9 Å². The van der Waals surface area contributed by atoms with E-state index in [0.717, 1.165) is 13.0 Å². The van der Waals surface area contributed by atoms with Crippen molar-refractivity contribution in [3.05, 3.63) is 28.8 Å². The summed E-state index contributed by atoms with van der Waals surface area (Å²) in [7, 11) is 1.53. The van der Waals surface area contributed by atoms with Crippen LogP contribution in [0, 0.1) is 0 Å². The maximum atomic E-state index is 12.2. The summed E-state index contributed by atoms with van der Waals surface area (Å²) in [5.41, 5.74) is 0.528. The average molecular weight is 297 g/mol. The SMILES string of the molecule is COc1ccc(C(=O)CN2CCCNC(=O)C2)cc1Cl. The van der Waals surface area contributed by atoms with Crippen LogP contribution in [-0.2, 0) is 4.79 Å². The van der Waals surface area contributed by atoms with Gasteiger partial charge in [-0.3, -0.25) is 14.5 Å². The van der Waals surface area contributed by atoms with Gasteiger partial charge >= 0.3 is 0 Å². The van der Waals surface area contributed by atoms with Crippen LogP contribution in [0.4, 0.5) is 0 Å². The Hall–Kier alpha value is -1.59. The zero-order chi connectivity index (χ0) is 14.5. The fourth-order valence-electron chi connectivity index (χ4n) is 2.14. The minimum atomic E-state index is -0.0516. The van der Waals surface area contributed by atoms with Gasteiger partial charge in [-0.2, -0.15) is 0 Å². The Labute approximate surface area is 122 Å². The molecule has 1 heterocycles. The van der Waals surface area contributed by atoms with Crippen LogP contribution in [0.2, 0.25) is 5.02 Å². The van der Waals surface area contributed by atoms with Crippen molar-refractivity contribution in [1.82, 2.24) is 10.2 Å². The number of Topliss-reactive ketones (excluding diaryl/α,β-unsaturated/α-hetero) is 1. The van der Waals surface area contributed by atoms with Crippen molar-refractivity contribution in [2.24, 2.45) is 0 Å². The number of nitrogens with one attached hydrogen (secondary N) is 1. The van der Waals surface area contributed by atoms with Crippen LogP contribution < -0.4 is 10.1 Å². The number of ketones is 1. The third-order valence-corrected chi connectivity index (χ3v) is 3.48. The van der Waals surface area contributed by atoms with Crippen molar-refractivity contribution in [1.29, 1.82) is 0 Å². The van der Waals surface area contributed by atoms with E-state index in [1.165, 1.54) is 7.11 Å². The third-order valence-electron chi connectivity index (χ3n) is 3.18. The van der Waals surface area contributed by atoms with Crippen molar-refractivity contribution in [3.63, 3.8) is 0 Å². The van der Waals surface area contributed by atoms with Crippen LogP contribution >= 0.6 is 11.6 Å². The van der Waals surface area contributed by atoms with E-state index in [1.807, 2.05) is 4.90 Å². The topological polar surface area (TPSA) is 58.6 Å². The van der Waals surface area contributed by atoms with Crippen LogP contribution in [0.5, 0.6) is 5.75 Å². The largest absolute Gasteiger partial charge is 0.495 e. The van der Waals surface area contributed by atoms with E-state index in [2.05, 4.69) is 5.32 Å². The van der Waals surface area contributed by atoms with Gasteiger partial charge in [0, 0.05) is 18.7 Å². The van der Waals surface area contributed by atoms with Crippen LogP contribution in [0.1, 0.15) is 16.8 Å². The predicted octanol–water partition coefficient (Wildman–Crippen LogP) is 1.35. The van der Waals surface area contributed by atoms with E-state index < -0.39 is 0 Å². The summed E-state index contributed by atoms with van der Waals surface area (Å²) < 4.78 is 5.05. The fraction of sp³-hybridized carbons (Fsp3) is 0.429. The van der Waals surface area contributed by atoms with Gasteiger partial charge in [-0.25, -0.2) is 0 Å². The van der Waals surface area contributed by atoms with E-state index in [-0.39, 0.29) is 24.8 Å². The highest BCUT2D eigenvalue weighted by molar-refractivity contribution is 6.32. The second-order valence-electron chi connectivity index (χ2n) is 4.69. The highest BCUT2D eigenvalue weighted by Crippen LogP contribution is 2.25. The number of nitrogens with zero attached hydrogens (tertiary/aromatic N) is 1. The minimum absolute atomic E-state index is 0.0388. The Morgan fingerprint density at radius 1 is 1.50 bits per heavy atom. The molecule has 5 nitrogen and oxygen atoms in total. The van der Waals surface area contributed by atoms with Gasteiger partial charge in [0.05, 0.1) is 25.2 Å². The average Bonchev–Trinajstić information content (AvgIpc) is 2.62. The normalized spacial score (nSPS) is 16.4. The number of carbonyl (C=O) groups is 2. The molecule has 0 aliphatic carbocycles. The summed E-state index contributed by atoms with van der Waals surface area (Å²) in [5, 5.41) is 3.19. The number of hydrogen-bond acceptors (Lipinski definition) is 4. The Balaban J connectivity index is 2.03. The van der Waals surface area contributed by atoms with Gasteiger partial charge in [0.2, 0.25) is 5.91 Å². The number of amides is 1. The Morgan fingerprint density at radius 3 is 3.00 bits per heavy atom. The van der Waals surface area contributed by atoms with E-state index in [4.69, 9.17) is 16.3 Å². The van der Waals surface area contributed by atoms with Crippen molar-refractivity contribution < 1.29 is 14.3 Å². The molecule has 1 saturated heterocycles. The highest BCUT2D eigenvalue weighted by Gasteiger charge is 2.18. The number of ether oxygens (including phenoxy) is 1. The Kier molecular flexibility index (Phi) is 4.98.